The first-order chi connectivity index (χ1) is 9.72. The minimum atomic E-state index is 0.0451. The zero-order chi connectivity index (χ0) is 13.9. The molecule has 7 nitrogen and oxygen atoms in total. The molecule has 2 N–H and O–H groups in total. The highest BCUT2D eigenvalue weighted by molar-refractivity contribution is 5.76. The van der Waals surface area contributed by atoms with Gasteiger partial charge in [-0.2, -0.15) is 4.80 Å². The molecule has 20 heavy (non-hydrogen) atoms. The number of aromatic nitrogens is 4. The normalized spacial score (nSPS) is 14.7. The number of amides is 1. The van der Waals surface area contributed by atoms with Crippen molar-refractivity contribution in [3.05, 3.63) is 24.3 Å². The Kier molecular flexibility index (Phi) is 3.32. The average molecular weight is 272 g/mol. The van der Waals surface area contributed by atoms with Gasteiger partial charge in [0, 0.05) is 24.3 Å². The van der Waals surface area contributed by atoms with Crippen molar-refractivity contribution in [2.45, 2.75) is 19.4 Å². The van der Waals surface area contributed by atoms with E-state index in [0.29, 0.717) is 11.5 Å². The number of likely N-dealkylation sites (tertiary alicyclic amines) is 1. The molecule has 0 aliphatic carbocycles. The molecule has 0 unspecified atom stereocenters. The fourth-order valence-electron chi connectivity index (χ4n) is 2.25. The van der Waals surface area contributed by atoms with Crippen LogP contribution in [0.2, 0.25) is 0 Å². The lowest BCUT2D eigenvalue weighted by Crippen LogP contribution is -2.31. The number of hydrogen-bond donors (Lipinski definition) is 1. The van der Waals surface area contributed by atoms with Crippen LogP contribution in [0.15, 0.2) is 24.3 Å². The van der Waals surface area contributed by atoms with Gasteiger partial charge in [-0.05, 0) is 42.3 Å². The number of anilines is 1. The van der Waals surface area contributed by atoms with Gasteiger partial charge in [0.1, 0.15) is 6.54 Å². The van der Waals surface area contributed by atoms with Crippen LogP contribution in [-0.2, 0) is 11.3 Å². The summed E-state index contributed by atoms with van der Waals surface area (Å²) < 4.78 is 0. The molecule has 3 rings (SSSR count). The highest BCUT2D eigenvalue weighted by Crippen LogP contribution is 2.15. The van der Waals surface area contributed by atoms with E-state index in [2.05, 4.69) is 15.4 Å². The quantitative estimate of drug-likeness (QED) is 0.824. The van der Waals surface area contributed by atoms with Crippen LogP contribution in [0.5, 0.6) is 0 Å². The standard InChI is InChI=1S/C13H16N6O/c14-11-5-3-10(4-6-11)13-15-17-19(16-13)9-12(20)18-7-1-2-8-18/h3-6H,1-2,7-9,14H2. The van der Waals surface area contributed by atoms with E-state index >= 15 is 0 Å². The molecule has 0 spiro atoms. The third-order valence-electron chi connectivity index (χ3n) is 3.36. The zero-order valence-electron chi connectivity index (χ0n) is 11.1. The van der Waals surface area contributed by atoms with Crippen molar-refractivity contribution in [1.29, 1.82) is 0 Å². The number of hydrogen-bond acceptors (Lipinski definition) is 5. The van der Waals surface area contributed by atoms with Crippen molar-refractivity contribution in [2.24, 2.45) is 0 Å². The maximum absolute atomic E-state index is 12.0. The van der Waals surface area contributed by atoms with E-state index < -0.39 is 0 Å². The van der Waals surface area contributed by atoms with Crippen molar-refractivity contribution in [1.82, 2.24) is 25.1 Å². The molecule has 0 radical (unpaired) electrons. The summed E-state index contributed by atoms with van der Waals surface area (Å²) in [4.78, 5) is 15.2. The van der Waals surface area contributed by atoms with E-state index in [0.717, 1.165) is 31.5 Å². The second kappa shape index (κ2) is 5.28. The lowest BCUT2D eigenvalue weighted by atomic mass is 10.2. The molecule has 2 aromatic rings. The van der Waals surface area contributed by atoms with E-state index in [4.69, 9.17) is 5.73 Å². The molecule has 1 aromatic heterocycles. The van der Waals surface area contributed by atoms with Gasteiger partial charge in [-0.25, -0.2) is 0 Å². The fourth-order valence-corrected chi connectivity index (χ4v) is 2.25. The molecule has 1 aliphatic heterocycles. The molecular formula is C13H16N6O. The Balaban J connectivity index is 1.70. The number of nitrogens with two attached hydrogens (primary N) is 1. The highest BCUT2D eigenvalue weighted by Gasteiger charge is 2.19. The van der Waals surface area contributed by atoms with Crippen molar-refractivity contribution >= 4 is 11.6 Å². The smallest absolute Gasteiger partial charge is 0.246 e. The first-order valence-electron chi connectivity index (χ1n) is 6.64. The molecule has 1 amide bonds. The second-order valence-electron chi connectivity index (χ2n) is 4.85. The molecule has 7 heteroatoms. The number of nitrogens with zero attached hydrogens (tertiary/aromatic N) is 5. The van der Waals surface area contributed by atoms with Crippen LogP contribution in [0.3, 0.4) is 0 Å². The highest BCUT2D eigenvalue weighted by atomic mass is 16.2. The van der Waals surface area contributed by atoms with Crippen LogP contribution >= 0.6 is 0 Å². The predicted molar refractivity (Wildman–Crippen MR) is 73.5 cm³/mol. The molecule has 1 saturated heterocycles. The first-order valence-corrected chi connectivity index (χ1v) is 6.64. The Hall–Kier alpha value is -2.44. The van der Waals surface area contributed by atoms with E-state index in [9.17, 15) is 4.79 Å². The van der Waals surface area contributed by atoms with Gasteiger partial charge in [0.25, 0.3) is 0 Å². The Labute approximate surface area is 116 Å². The summed E-state index contributed by atoms with van der Waals surface area (Å²) >= 11 is 0. The van der Waals surface area contributed by atoms with Gasteiger partial charge in [-0.3, -0.25) is 4.79 Å². The molecule has 104 valence electrons. The third kappa shape index (κ3) is 2.61. The summed E-state index contributed by atoms with van der Waals surface area (Å²) in [5.41, 5.74) is 7.15. The molecule has 0 saturated carbocycles. The molecule has 1 aliphatic rings. The maximum atomic E-state index is 12.0. The number of rotatable bonds is 3. The summed E-state index contributed by atoms with van der Waals surface area (Å²) in [6.45, 7) is 1.80. The number of benzene rings is 1. The van der Waals surface area contributed by atoms with Crippen molar-refractivity contribution in [2.75, 3.05) is 18.8 Å². The minimum Gasteiger partial charge on any atom is -0.399 e. The first kappa shape index (κ1) is 12.6. The number of tetrazole rings is 1. The predicted octanol–water partition coefficient (Wildman–Crippen LogP) is 0.545. The van der Waals surface area contributed by atoms with Crippen LogP contribution < -0.4 is 5.73 Å². The van der Waals surface area contributed by atoms with Gasteiger partial charge >= 0.3 is 0 Å². The van der Waals surface area contributed by atoms with Crippen LogP contribution in [0.1, 0.15) is 12.8 Å². The van der Waals surface area contributed by atoms with Gasteiger partial charge in [-0.15, -0.1) is 10.2 Å². The van der Waals surface area contributed by atoms with Gasteiger partial charge in [0.05, 0.1) is 0 Å². The maximum Gasteiger partial charge on any atom is 0.246 e. The summed E-state index contributed by atoms with van der Waals surface area (Å²) in [5.74, 6) is 0.544. The van der Waals surface area contributed by atoms with Crippen LogP contribution in [-0.4, -0.2) is 44.1 Å². The van der Waals surface area contributed by atoms with E-state index in [1.54, 1.807) is 12.1 Å². The Bertz CT molecular complexity index is 600. The minimum absolute atomic E-state index is 0.0451. The van der Waals surface area contributed by atoms with Gasteiger partial charge in [-0.1, -0.05) is 0 Å². The largest absolute Gasteiger partial charge is 0.399 e. The monoisotopic (exact) mass is 272 g/mol. The Morgan fingerprint density at radius 2 is 1.90 bits per heavy atom. The van der Waals surface area contributed by atoms with Crippen LogP contribution in [0.25, 0.3) is 11.4 Å². The number of carbonyl (C=O) groups excluding carboxylic acids is 1. The molecule has 0 atom stereocenters. The summed E-state index contributed by atoms with van der Waals surface area (Å²) in [6, 6.07) is 7.23. The average Bonchev–Trinajstić information content (AvgIpc) is 3.10. The Morgan fingerprint density at radius 3 is 2.60 bits per heavy atom. The number of carbonyl (C=O) groups is 1. The van der Waals surface area contributed by atoms with Crippen molar-refractivity contribution in [3.8, 4) is 11.4 Å². The third-order valence-corrected chi connectivity index (χ3v) is 3.36. The second-order valence-corrected chi connectivity index (χ2v) is 4.85. The summed E-state index contributed by atoms with van der Waals surface area (Å²) in [6.07, 6.45) is 2.15. The molecular weight excluding hydrogens is 256 g/mol. The van der Waals surface area contributed by atoms with Crippen LogP contribution in [0, 0.1) is 0 Å². The van der Waals surface area contributed by atoms with Crippen molar-refractivity contribution in [3.63, 3.8) is 0 Å². The molecule has 0 bridgehead atoms. The summed E-state index contributed by atoms with van der Waals surface area (Å²) in [7, 11) is 0. The molecule has 2 heterocycles. The zero-order valence-corrected chi connectivity index (χ0v) is 11.1. The Morgan fingerprint density at radius 1 is 1.20 bits per heavy atom. The lowest BCUT2D eigenvalue weighted by molar-refractivity contribution is -0.131. The topological polar surface area (TPSA) is 89.9 Å². The van der Waals surface area contributed by atoms with Crippen molar-refractivity contribution < 1.29 is 4.79 Å². The summed E-state index contributed by atoms with van der Waals surface area (Å²) in [5, 5.41) is 12.1. The molecule has 1 fully saturated rings. The SMILES string of the molecule is Nc1ccc(-c2nnn(CC(=O)N3CCCC3)n2)cc1. The number of nitrogen functional groups attached to an aromatic ring is 1. The van der Waals surface area contributed by atoms with E-state index in [1.165, 1.54) is 4.80 Å². The van der Waals surface area contributed by atoms with E-state index in [-0.39, 0.29) is 12.5 Å². The molecule has 1 aromatic carbocycles. The lowest BCUT2D eigenvalue weighted by Gasteiger charge is -2.13. The van der Waals surface area contributed by atoms with E-state index in [1.807, 2.05) is 17.0 Å². The fraction of sp³-hybridized carbons (Fsp3) is 0.385. The van der Waals surface area contributed by atoms with Crippen LogP contribution in [0.4, 0.5) is 5.69 Å². The van der Waals surface area contributed by atoms with Gasteiger partial charge in [0.2, 0.25) is 11.7 Å². The van der Waals surface area contributed by atoms with Gasteiger partial charge < -0.3 is 10.6 Å². The van der Waals surface area contributed by atoms with Gasteiger partial charge in [0.15, 0.2) is 0 Å².